The molecule has 144 valence electrons. The molecule has 0 N–H and O–H groups in total. The van der Waals surface area contributed by atoms with E-state index < -0.39 is 0 Å². The monoisotopic (exact) mass is 430 g/mol. The molecule has 0 spiro atoms. The van der Waals surface area contributed by atoms with Crippen LogP contribution in [0.3, 0.4) is 0 Å². The van der Waals surface area contributed by atoms with Crippen LogP contribution in [0.5, 0.6) is 0 Å². The summed E-state index contributed by atoms with van der Waals surface area (Å²) >= 11 is 3.50. The number of benzene rings is 1. The van der Waals surface area contributed by atoms with Gasteiger partial charge in [0.2, 0.25) is 0 Å². The Hall–Kier alpha value is -1.50. The number of amides is 1. The molecule has 4 rings (SSSR count). The molecule has 0 bridgehead atoms. The first kappa shape index (κ1) is 18.8. The Balaban J connectivity index is 1.41. The quantitative estimate of drug-likeness (QED) is 0.746. The summed E-state index contributed by atoms with van der Waals surface area (Å²) in [7, 11) is 0. The molecule has 0 aliphatic carbocycles. The van der Waals surface area contributed by atoms with Crippen molar-refractivity contribution in [2.75, 3.05) is 52.4 Å². The summed E-state index contributed by atoms with van der Waals surface area (Å²) in [6.07, 6.45) is 2.69. The maximum absolute atomic E-state index is 13.2. The smallest absolute Gasteiger partial charge is 0.254 e. The number of hydrogen-bond donors (Lipinski definition) is 0. The zero-order valence-corrected chi connectivity index (χ0v) is 17.5. The molecule has 0 saturated carbocycles. The van der Waals surface area contributed by atoms with Gasteiger partial charge in [-0.25, -0.2) is 0 Å². The zero-order valence-electron chi connectivity index (χ0n) is 16.0. The van der Waals surface area contributed by atoms with Gasteiger partial charge in [-0.15, -0.1) is 0 Å². The standard InChI is InChI=1S/C21H27BrN4O/c1-16-14-19(18-5-4-17(22)15-20(18)23-16)21(27)26-12-10-25(11-13-26)9-8-24-6-2-3-7-24/h4-5,14-15H,2-3,6-13H2,1H3. The second-order valence-corrected chi connectivity index (χ2v) is 8.57. The van der Waals surface area contributed by atoms with E-state index in [-0.39, 0.29) is 5.91 Å². The Morgan fingerprint density at radius 3 is 2.37 bits per heavy atom. The number of piperazine rings is 1. The van der Waals surface area contributed by atoms with E-state index in [1.807, 2.05) is 36.1 Å². The molecular formula is C21H27BrN4O. The third kappa shape index (κ3) is 4.33. The number of carbonyl (C=O) groups excluding carboxylic acids is 1. The number of aromatic nitrogens is 1. The minimum Gasteiger partial charge on any atom is -0.336 e. The summed E-state index contributed by atoms with van der Waals surface area (Å²) in [6.45, 7) is 10.3. The van der Waals surface area contributed by atoms with Gasteiger partial charge in [-0.3, -0.25) is 14.7 Å². The van der Waals surface area contributed by atoms with Gasteiger partial charge in [-0.1, -0.05) is 22.0 Å². The van der Waals surface area contributed by atoms with Crippen LogP contribution in [0, 0.1) is 6.92 Å². The van der Waals surface area contributed by atoms with Crippen molar-refractivity contribution in [3.63, 3.8) is 0 Å². The van der Waals surface area contributed by atoms with Crippen LogP contribution in [-0.4, -0.2) is 77.9 Å². The Labute approximate surface area is 169 Å². The number of pyridine rings is 1. The lowest BCUT2D eigenvalue weighted by Crippen LogP contribution is -2.50. The number of nitrogens with zero attached hydrogens (tertiary/aromatic N) is 4. The number of halogens is 1. The van der Waals surface area contributed by atoms with Gasteiger partial charge >= 0.3 is 0 Å². The van der Waals surface area contributed by atoms with E-state index in [1.54, 1.807) is 0 Å². The largest absolute Gasteiger partial charge is 0.336 e. The van der Waals surface area contributed by atoms with Crippen molar-refractivity contribution in [3.8, 4) is 0 Å². The van der Waals surface area contributed by atoms with Gasteiger partial charge in [0.15, 0.2) is 0 Å². The average molecular weight is 431 g/mol. The fourth-order valence-electron chi connectivity index (χ4n) is 4.14. The van der Waals surface area contributed by atoms with Crippen LogP contribution < -0.4 is 0 Å². The highest BCUT2D eigenvalue weighted by molar-refractivity contribution is 9.10. The fraction of sp³-hybridized carbons (Fsp3) is 0.524. The molecule has 2 saturated heterocycles. The molecular weight excluding hydrogens is 404 g/mol. The highest BCUT2D eigenvalue weighted by Crippen LogP contribution is 2.24. The number of carbonyl (C=O) groups is 1. The summed E-state index contributed by atoms with van der Waals surface area (Å²) in [4.78, 5) is 24.8. The van der Waals surface area contributed by atoms with Crippen molar-refractivity contribution in [2.24, 2.45) is 0 Å². The number of fused-ring (bicyclic) bond motifs is 1. The molecule has 27 heavy (non-hydrogen) atoms. The Kier molecular flexibility index (Phi) is 5.76. The third-order valence-corrected chi connectivity index (χ3v) is 6.21. The van der Waals surface area contributed by atoms with E-state index in [0.717, 1.165) is 65.9 Å². The molecule has 2 aromatic rings. The first-order chi connectivity index (χ1) is 13.1. The molecule has 0 radical (unpaired) electrons. The second-order valence-electron chi connectivity index (χ2n) is 7.66. The highest BCUT2D eigenvalue weighted by atomic mass is 79.9. The second kappa shape index (κ2) is 8.25. The minimum atomic E-state index is 0.131. The lowest BCUT2D eigenvalue weighted by atomic mass is 10.1. The molecule has 1 aromatic carbocycles. The van der Waals surface area contributed by atoms with Crippen molar-refractivity contribution in [1.29, 1.82) is 0 Å². The van der Waals surface area contributed by atoms with Crippen molar-refractivity contribution >= 4 is 32.7 Å². The molecule has 2 aliphatic rings. The van der Waals surface area contributed by atoms with Gasteiger partial charge < -0.3 is 9.80 Å². The van der Waals surface area contributed by atoms with Crippen LogP contribution in [0.25, 0.3) is 10.9 Å². The number of aryl methyl sites for hydroxylation is 1. The predicted molar refractivity (Wildman–Crippen MR) is 112 cm³/mol. The van der Waals surface area contributed by atoms with Crippen molar-refractivity contribution in [1.82, 2.24) is 19.7 Å². The topological polar surface area (TPSA) is 39.7 Å². The Bertz CT molecular complexity index is 821. The molecule has 3 heterocycles. The van der Waals surface area contributed by atoms with Crippen molar-refractivity contribution < 1.29 is 4.79 Å². The summed E-state index contributed by atoms with van der Waals surface area (Å²) in [5, 5.41) is 0.935. The van der Waals surface area contributed by atoms with Crippen LogP contribution >= 0.6 is 15.9 Å². The first-order valence-electron chi connectivity index (χ1n) is 9.91. The summed E-state index contributed by atoms with van der Waals surface area (Å²) in [5.74, 6) is 0.131. The SMILES string of the molecule is Cc1cc(C(=O)N2CCN(CCN3CCCC3)CC2)c2ccc(Br)cc2n1. The van der Waals surface area contributed by atoms with Crippen molar-refractivity contribution in [3.05, 3.63) is 40.0 Å². The summed E-state index contributed by atoms with van der Waals surface area (Å²) in [5.41, 5.74) is 2.53. The number of rotatable bonds is 4. The lowest BCUT2D eigenvalue weighted by molar-refractivity contribution is 0.0628. The van der Waals surface area contributed by atoms with Crippen LogP contribution in [0.1, 0.15) is 28.9 Å². The van der Waals surface area contributed by atoms with Crippen LogP contribution in [0.4, 0.5) is 0 Å². The Morgan fingerprint density at radius 1 is 1.00 bits per heavy atom. The van der Waals surface area contributed by atoms with Crippen LogP contribution in [0.15, 0.2) is 28.7 Å². The Morgan fingerprint density at radius 2 is 1.67 bits per heavy atom. The van der Waals surface area contributed by atoms with E-state index in [9.17, 15) is 4.79 Å². The summed E-state index contributed by atoms with van der Waals surface area (Å²) < 4.78 is 0.984. The molecule has 1 amide bonds. The van der Waals surface area contributed by atoms with E-state index >= 15 is 0 Å². The van der Waals surface area contributed by atoms with Gasteiger partial charge in [0.25, 0.3) is 5.91 Å². The van der Waals surface area contributed by atoms with Crippen LogP contribution in [0.2, 0.25) is 0 Å². The maximum Gasteiger partial charge on any atom is 0.254 e. The number of likely N-dealkylation sites (tertiary alicyclic amines) is 1. The highest BCUT2D eigenvalue weighted by Gasteiger charge is 2.24. The molecule has 0 unspecified atom stereocenters. The molecule has 6 heteroatoms. The average Bonchev–Trinajstić information content (AvgIpc) is 3.19. The molecule has 1 aromatic heterocycles. The molecule has 2 aliphatic heterocycles. The van der Waals surface area contributed by atoms with Gasteiger partial charge in [0, 0.05) is 54.8 Å². The van der Waals surface area contributed by atoms with Gasteiger partial charge in [0.1, 0.15) is 0 Å². The van der Waals surface area contributed by atoms with E-state index in [1.165, 1.54) is 25.9 Å². The maximum atomic E-state index is 13.2. The minimum absolute atomic E-state index is 0.131. The molecule has 2 fully saturated rings. The van der Waals surface area contributed by atoms with E-state index in [0.29, 0.717) is 0 Å². The van der Waals surface area contributed by atoms with Crippen LogP contribution in [-0.2, 0) is 0 Å². The number of hydrogen-bond acceptors (Lipinski definition) is 4. The summed E-state index contributed by atoms with van der Waals surface area (Å²) in [6, 6.07) is 7.88. The molecule has 5 nitrogen and oxygen atoms in total. The first-order valence-corrected chi connectivity index (χ1v) is 10.7. The van der Waals surface area contributed by atoms with E-state index in [2.05, 4.69) is 30.7 Å². The normalized spacial score (nSPS) is 19.1. The van der Waals surface area contributed by atoms with Gasteiger partial charge in [0.05, 0.1) is 11.1 Å². The van der Waals surface area contributed by atoms with Gasteiger partial charge in [-0.2, -0.15) is 0 Å². The van der Waals surface area contributed by atoms with Gasteiger partial charge in [-0.05, 0) is 51.1 Å². The lowest BCUT2D eigenvalue weighted by Gasteiger charge is -2.35. The predicted octanol–water partition coefficient (Wildman–Crippen LogP) is 3.16. The van der Waals surface area contributed by atoms with E-state index in [4.69, 9.17) is 0 Å². The third-order valence-electron chi connectivity index (χ3n) is 5.72. The zero-order chi connectivity index (χ0) is 18.8. The van der Waals surface area contributed by atoms with Crippen molar-refractivity contribution in [2.45, 2.75) is 19.8 Å². The fourth-order valence-corrected chi connectivity index (χ4v) is 4.49. The molecule has 0 atom stereocenters.